The predicted octanol–water partition coefficient (Wildman–Crippen LogP) is 2.39. The van der Waals surface area contributed by atoms with Crippen LogP contribution in [0.4, 0.5) is 11.4 Å². The van der Waals surface area contributed by atoms with Gasteiger partial charge in [0.2, 0.25) is 5.91 Å². The van der Waals surface area contributed by atoms with Crippen LogP contribution in [0.25, 0.3) is 0 Å². The molecule has 0 aliphatic heterocycles. The lowest BCUT2D eigenvalue weighted by molar-refractivity contribution is -0.114. The number of rotatable bonds is 3. The molecule has 7 heteroatoms. The molecule has 0 fully saturated rings. The van der Waals surface area contributed by atoms with Crippen molar-refractivity contribution < 1.29 is 9.59 Å². The molecule has 0 spiro atoms. The third kappa shape index (κ3) is 3.24. The summed E-state index contributed by atoms with van der Waals surface area (Å²) in [6.45, 7) is 1.44. The smallest absolute Gasteiger partial charge is 0.275 e. The van der Waals surface area contributed by atoms with Crippen molar-refractivity contribution in [3.05, 3.63) is 40.6 Å². The zero-order valence-corrected chi connectivity index (χ0v) is 12.6. The molecule has 104 valence electrons. The zero-order valence-electron chi connectivity index (χ0n) is 11.0. The van der Waals surface area contributed by atoms with Gasteiger partial charge in [0.1, 0.15) is 5.69 Å². The van der Waals surface area contributed by atoms with Gasteiger partial charge in [-0.05, 0) is 40.2 Å². The minimum atomic E-state index is -0.260. The van der Waals surface area contributed by atoms with Crippen molar-refractivity contribution >= 4 is 39.1 Å². The Kier molecular flexibility index (Phi) is 4.19. The lowest BCUT2D eigenvalue weighted by Gasteiger charge is -2.07. The van der Waals surface area contributed by atoms with Crippen LogP contribution in [-0.4, -0.2) is 21.6 Å². The van der Waals surface area contributed by atoms with Crippen LogP contribution >= 0.6 is 15.9 Å². The Bertz CT molecular complexity index is 629. The summed E-state index contributed by atoms with van der Waals surface area (Å²) in [6, 6.07) is 6.87. The fourth-order valence-electron chi connectivity index (χ4n) is 1.70. The summed E-state index contributed by atoms with van der Waals surface area (Å²) in [5, 5.41) is 9.41. The highest BCUT2D eigenvalue weighted by molar-refractivity contribution is 9.10. The number of benzene rings is 1. The van der Waals surface area contributed by atoms with Crippen molar-refractivity contribution in [2.75, 3.05) is 10.6 Å². The monoisotopic (exact) mass is 336 g/mol. The largest absolute Gasteiger partial charge is 0.326 e. The van der Waals surface area contributed by atoms with E-state index in [4.69, 9.17) is 0 Å². The van der Waals surface area contributed by atoms with Crippen LogP contribution in [0.1, 0.15) is 17.4 Å². The molecule has 1 aromatic carbocycles. The first-order chi connectivity index (χ1) is 9.47. The third-order valence-electron chi connectivity index (χ3n) is 2.57. The number of nitrogens with zero attached hydrogens (tertiary/aromatic N) is 2. The number of anilines is 2. The minimum Gasteiger partial charge on any atom is -0.326 e. The van der Waals surface area contributed by atoms with E-state index in [1.807, 2.05) is 0 Å². The van der Waals surface area contributed by atoms with E-state index < -0.39 is 0 Å². The van der Waals surface area contributed by atoms with Crippen LogP contribution in [0.15, 0.2) is 34.9 Å². The van der Waals surface area contributed by atoms with E-state index in [0.29, 0.717) is 21.5 Å². The average Bonchev–Trinajstić information content (AvgIpc) is 2.71. The van der Waals surface area contributed by atoms with Crippen LogP contribution in [0.2, 0.25) is 0 Å². The Morgan fingerprint density at radius 2 is 1.70 bits per heavy atom. The Labute approximate surface area is 124 Å². The van der Waals surface area contributed by atoms with Crippen LogP contribution in [0, 0.1) is 0 Å². The summed E-state index contributed by atoms with van der Waals surface area (Å²) in [4.78, 5) is 23.0. The third-order valence-corrected chi connectivity index (χ3v) is 3.15. The van der Waals surface area contributed by atoms with Gasteiger partial charge in [-0.2, -0.15) is 5.10 Å². The molecule has 2 rings (SSSR count). The number of aryl methyl sites for hydroxylation is 1. The van der Waals surface area contributed by atoms with E-state index in [0.717, 1.165) is 0 Å². The Hall–Kier alpha value is -2.15. The number of nitrogens with one attached hydrogen (secondary N) is 2. The Morgan fingerprint density at radius 3 is 2.15 bits per heavy atom. The van der Waals surface area contributed by atoms with Gasteiger partial charge >= 0.3 is 0 Å². The molecule has 0 radical (unpaired) electrons. The van der Waals surface area contributed by atoms with E-state index in [9.17, 15) is 9.59 Å². The second kappa shape index (κ2) is 5.87. The molecule has 0 saturated carbocycles. The molecular weight excluding hydrogens is 324 g/mol. The van der Waals surface area contributed by atoms with Crippen molar-refractivity contribution in [1.82, 2.24) is 9.78 Å². The highest BCUT2D eigenvalue weighted by Gasteiger charge is 2.15. The topological polar surface area (TPSA) is 76.0 Å². The van der Waals surface area contributed by atoms with Crippen molar-refractivity contribution in [3.8, 4) is 0 Å². The van der Waals surface area contributed by atoms with E-state index in [2.05, 4.69) is 31.7 Å². The molecule has 2 amide bonds. The summed E-state index contributed by atoms with van der Waals surface area (Å²) in [7, 11) is 1.69. The van der Waals surface area contributed by atoms with E-state index in [1.165, 1.54) is 11.6 Å². The van der Waals surface area contributed by atoms with Crippen molar-refractivity contribution in [2.24, 2.45) is 7.05 Å². The molecule has 0 aliphatic rings. The van der Waals surface area contributed by atoms with Crippen molar-refractivity contribution in [1.29, 1.82) is 0 Å². The number of hydrogen-bond acceptors (Lipinski definition) is 3. The van der Waals surface area contributed by atoms with Crippen molar-refractivity contribution in [2.45, 2.75) is 6.92 Å². The summed E-state index contributed by atoms with van der Waals surface area (Å²) in [5.41, 5.74) is 1.75. The first-order valence-corrected chi connectivity index (χ1v) is 6.63. The lowest BCUT2D eigenvalue weighted by atomic mass is 10.2. The quantitative estimate of drug-likeness (QED) is 0.903. The van der Waals surface area contributed by atoms with Gasteiger partial charge in [0.25, 0.3) is 5.91 Å². The maximum atomic E-state index is 12.1. The van der Waals surface area contributed by atoms with Gasteiger partial charge in [-0.15, -0.1) is 0 Å². The molecule has 0 unspecified atom stereocenters. The van der Waals surface area contributed by atoms with Gasteiger partial charge in [0, 0.05) is 25.3 Å². The molecule has 1 heterocycles. The molecule has 0 saturated heterocycles. The molecule has 0 bridgehead atoms. The van der Waals surface area contributed by atoms with Gasteiger partial charge in [0.05, 0.1) is 10.7 Å². The molecule has 0 aliphatic carbocycles. The average molecular weight is 337 g/mol. The molecule has 2 N–H and O–H groups in total. The van der Waals surface area contributed by atoms with Crippen LogP contribution in [0.5, 0.6) is 0 Å². The van der Waals surface area contributed by atoms with Crippen LogP contribution in [-0.2, 0) is 11.8 Å². The molecule has 2 aromatic rings. The lowest BCUT2D eigenvalue weighted by Crippen LogP contribution is -2.16. The standard InChI is InChI=1S/C13H13BrN4O2/c1-8(19)16-9-3-5-10(6-4-9)17-13(20)12-11(14)7-15-18(12)2/h3-7H,1-2H3,(H,16,19)(H,17,20). The number of carbonyl (C=O) groups is 2. The fourth-order valence-corrected chi connectivity index (χ4v) is 2.22. The zero-order chi connectivity index (χ0) is 14.7. The second-order valence-electron chi connectivity index (χ2n) is 4.18. The highest BCUT2D eigenvalue weighted by atomic mass is 79.9. The SMILES string of the molecule is CC(=O)Nc1ccc(NC(=O)c2c(Br)cnn2C)cc1. The van der Waals surface area contributed by atoms with Gasteiger partial charge in [0.15, 0.2) is 0 Å². The van der Waals surface area contributed by atoms with Crippen molar-refractivity contribution in [3.63, 3.8) is 0 Å². The molecular formula is C13H13BrN4O2. The normalized spacial score (nSPS) is 10.2. The fraction of sp³-hybridized carbons (Fsp3) is 0.154. The Morgan fingerprint density at radius 1 is 1.15 bits per heavy atom. The summed E-state index contributed by atoms with van der Waals surface area (Å²) < 4.78 is 2.12. The van der Waals surface area contributed by atoms with E-state index in [1.54, 1.807) is 37.5 Å². The van der Waals surface area contributed by atoms with Crippen LogP contribution in [0.3, 0.4) is 0 Å². The molecule has 6 nitrogen and oxygen atoms in total. The highest BCUT2D eigenvalue weighted by Crippen LogP contribution is 2.18. The molecule has 0 atom stereocenters. The predicted molar refractivity (Wildman–Crippen MR) is 79.6 cm³/mol. The summed E-state index contributed by atoms with van der Waals surface area (Å²) in [6.07, 6.45) is 1.56. The number of halogens is 1. The first kappa shape index (κ1) is 14.3. The number of hydrogen-bond donors (Lipinski definition) is 2. The van der Waals surface area contributed by atoms with Gasteiger partial charge < -0.3 is 10.6 Å². The van der Waals surface area contributed by atoms with Gasteiger partial charge in [-0.1, -0.05) is 0 Å². The number of aromatic nitrogens is 2. The summed E-state index contributed by atoms with van der Waals surface area (Å²) in [5.74, 6) is -0.398. The van der Waals surface area contributed by atoms with Crippen LogP contribution < -0.4 is 10.6 Å². The minimum absolute atomic E-state index is 0.138. The second-order valence-corrected chi connectivity index (χ2v) is 5.03. The van der Waals surface area contributed by atoms with Gasteiger partial charge in [-0.3, -0.25) is 14.3 Å². The molecule has 20 heavy (non-hydrogen) atoms. The van der Waals surface area contributed by atoms with E-state index in [-0.39, 0.29) is 11.8 Å². The number of carbonyl (C=O) groups excluding carboxylic acids is 2. The Balaban J connectivity index is 2.10. The number of amides is 2. The first-order valence-electron chi connectivity index (χ1n) is 5.84. The van der Waals surface area contributed by atoms with Gasteiger partial charge in [-0.25, -0.2) is 0 Å². The maximum absolute atomic E-state index is 12.1. The molecule has 1 aromatic heterocycles. The van der Waals surface area contributed by atoms with E-state index >= 15 is 0 Å². The summed E-state index contributed by atoms with van der Waals surface area (Å²) >= 11 is 3.28. The maximum Gasteiger partial charge on any atom is 0.275 e.